The third-order valence-corrected chi connectivity index (χ3v) is 5.09. The molecule has 0 aliphatic carbocycles. The van der Waals surface area contributed by atoms with Gasteiger partial charge in [-0.15, -0.1) is 24.0 Å². The van der Waals surface area contributed by atoms with Gasteiger partial charge >= 0.3 is 0 Å². The number of nitrogens with one attached hydrogen (secondary N) is 2. The second-order valence-corrected chi connectivity index (χ2v) is 7.29. The monoisotopic (exact) mass is 503 g/mol. The van der Waals surface area contributed by atoms with Crippen LogP contribution in [0.3, 0.4) is 0 Å². The summed E-state index contributed by atoms with van der Waals surface area (Å²) in [6.45, 7) is 10.5. The molecule has 7 heteroatoms. The average molecular weight is 503 g/mol. The zero-order valence-electron chi connectivity index (χ0n) is 17.4. The summed E-state index contributed by atoms with van der Waals surface area (Å²) < 4.78 is 0. The fraction of sp³-hybridized carbons (Fsp3) is 0.667. The first-order valence-corrected chi connectivity index (χ1v) is 10.3. The van der Waals surface area contributed by atoms with E-state index in [4.69, 9.17) is 0 Å². The van der Waals surface area contributed by atoms with Crippen LogP contribution in [0.25, 0.3) is 0 Å². The first kappa shape index (κ1) is 25.1. The quantitative estimate of drug-likeness (QED) is 0.197. The van der Waals surface area contributed by atoms with Crippen molar-refractivity contribution in [3.05, 3.63) is 35.9 Å². The largest absolute Gasteiger partial charge is 0.396 e. The normalized spacial score (nSPS) is 17.0. The Labute approximate surface area is 187 Å². The van der Waals surface area contributed by atoms with Gasteiger partial charge in [-0.05, 0) is 38.9 Å². The molecule has 0 aromatic heterocycles. The number of rotatable bonds is 10. The number of aliphatic imine (C=N–C) groups is 1. The Morgan fingerprint density at radius 3 is 2.46 bits per heavy atom. The molecule has 6 nitrogen and oxygen atoms in total. The molecular formula is C21H38IN5O. The van der Waals surface area contributed by atoms with E-state index in [2.05, 4.69) is 51.5 Å². The van der Waals surface area contributed by atoms with Gasteiger partial charge in [0.1, 0.15) is 0 Å². The minimum Gasteiger partial charge on any atom is -0.396 e. The van der Waals surface area contributed by atoms with Gasteiger partial charge in [-0.1, -0.05) is 30.3 Å². The van der Waals surface area contributed by atoms with Crippen molar-refractivity contribution in [2.45, 2.75) is 25.7 Å². The van der Waals surface area contributed by atoms with Crippen molar-refractivity contribution in [1.82, 2.24) is 20.4 Å². The number of aliphatic hydroxyl groups is 1. The maximum Gasteiger partial charge on any atom is 0.191 e. The fourth-order valence-electron chi connectivity index (χ4n) is 3.28. The SMILES string of the molecule is CCNC(=NCC(CO)c1ccccc1)NCCCCN1CCN(C)CC1.I. The van der Waals surface area contributed by atoms with Crippen molar-refractivity contribution in [2.24, 2.45) is 4.99 Å². The Morgan fingerprint density at radius 1 is 1.11 bits per heavy atom. The van der Waals surface area contributed by atoms with Crippen molar-refractivity contribution >= 4 is 29.9 Å². The molecule has 160 valence electrons. The fourth-order valence-corrected chi connectivity index (χ4v) is 3.28. The molecule has 1 aliphatic rings. The van der Waals surface area contributed by atoms with Crippen molar-refractivity contribution in [2.75, 3.05) is 66.0 Å². The number of piperazine rings is 1. The van der Waals surface area contributed by atoms with Crippen LogP contribution < -0.4 is 10.6 Å². The Morgan fingerprint density at radius 2 is 1.82 bits per heavy atom. The summed E-state index contributed by atoms with van der Waals surface area (Å²) in [7, 11) is 2.20. The smallest absolute Gasteiger partial charge is 0.191 e. The average Bonchev–Trinajstić information content (AvgIpc) is 2.70. The van der Waals surface area contributed by atoms with Gasteiger partial charge in [0.2, 0.25) is 0 Å². The van der Waals surface area contributed by atoms with Crippen molar-refractivity contribution in [3.8, 4) is 0 Å². The van der Waals surface area contributed by atoms with Crippen molar-refractivity contribution in [1.29, 1.82) is 0 Å². The molecule has 0 radical (unpaired) electrons. The van der Waals surface area contributed by atoms with E-state index in [0.29, 0.717) is 6.54 Å². The van der Waals surface area contributed by atoms with Gasteiger partial charge in [0, 0.05) is 45.2 Å². The molecule has 1 fully saturated rings. The molecule has 1 aromatic rings. The number of benzene rings is 1. The van der Waals surface area contributed by atoms with E-state index < -0.39 is 0 Å². The number of hydrogen-bond donors (Lipinski definition) is 3. The molecule has 28 heavy (non-hydrogen) atoms. The van der Waals surface area contributed by atoms with Crippen LogP contribution in [0.4, 0.5) is 0 Å². The molecule has 2 rings (SSSR count). The predicted molar refractivity (Wildman–Crippen MR) is 129 cm³/mol. The Balaban J connectivity index is 0.00000392. The summed E-state index contributed by atoms with van der Waals surface area (Å²) >= 11 is 0. The lowest BCUT2D eigenvalue weighted by atomic mass is 10.0. The molecule has 0 spiro atoms. The van der Waals surface area contributed by atoms with E-state index in [1.807, 2.05) is 18.2 Å². The summed E-state index contributed by atoms with van der Waals surface area (Å²) in [5.74, 6) is 0.880. The van der Waals surface area contributed by atoms with Crippen LogP contribution in [0.2, 0.25) is 0 Å². The number of unbranched alkanes of at least 4 members (excludes halogenated alkanes) is 1. The molecule has 1 unspecified atom stereocenters. The third-order valence-electron chi connectivity index (χ3n) is 5.09. The molecule has 1 aromatic carbocycles. The van der Waals surface area contributed by atoms with E-state index >= 15 is 0 Å². The van der Waals surface area contributed by atoms with Gasteiger partial charge in [0.25, 0.3) is 0 Å². The number of aliphatic hydroxyl groups excluding tert-OH is 1. The van der Waals surface area contributed by atoms with Gasteiger partial charge in [-0.2, -0.15) is 0 Å². The van der Waals surface area contributed by atoms with Gasteiger partial charge in [-0.3, -0.25) is 4.99 Å². The predicted octanol–water partition coefficient (Wildman–Crippen LogP) is 1.96. The molecule has 1 atom stereocenters. The molecule has 3 N–H and O–H groups in total. The number of guanidine groups is 1. The van der Waals surface area contributed by atoms with Gasteiger partial charge < -0.3 is 25.5 Å². The highest BCUT2D eigenvalue weighted by atomic mass is 127. The van der Waals surface area contributed by atoms with Crippen LogP contribution in [0.5, 0.6) is 0 Å². The minimum atomic E-state index is 0. The van der Waals surface area contributed by atoms with E-state index in [1.54, 1.807) is 0 Å². The summed E-state index contributed by atoms with van der Waals surface area (Å²) in [6, 6.07) is 10.1. The Kier molecular flexibility index (Phi) is 13.5. The van der Waals surface area contributed by atoms with Gasteiger partial charge in [0.15, 0.2) is 5.96 Å². The van der Waals surface area contributed by atoms with E-state index in [1.165, 1.54) is 39.1 Å². The first-order chi connectivity index (χ1) is 13.2. The topological polar surface area (TPSA) is 63.1 Å². The van der Waals surface area contributed by atoms with Gasteiger partial charge in [0.05, 0.1) is 13.2 Å². The zero-order chi connectivity index (χ0) is 19.3. The molecule has 1 heterocycles. The molecule has 1 saturated heterocycles. The number of halogens is 1. The van der Waals surface area contributed by atoms with Crippen LogP contribution in [0.15, 0.2) is 35.3 Å². The van der Waals surface area contributed by atoms with Crippen molar-refractivity contribution < 1.29 is 5.11 Å². The van der Waals surface area contributed by atoms with Crippen LogP contribution in [0, 0.1) is 0 Å². The van der Waals surface area contributed by atoms with E-state index in [9.17, 15) is 5.11 Å². The molecule has 0 bridgehead atoms. The number of hydrogen-bond acceptors (Lipinski definition) is 4. The zero-order valence-corrected chi connectivity index (χ0v) is 19.8. The highest BCUT2D eigenvalue weighted by Crippen LogP contribution is 2.14. The van der Waals surface area contributed by atoms with E-state index in [0.717, 1.165) is 31.0 Å². The van der Waals surface area contributed by atoms with Crippen LogP contribution in [-0.4, -0.2) is 86.9 Å². The minimum absolute atomic E-state index is 0. The Hall–Kier alpha value is -0.900. The van der Waals surface area contributed by atoms with Crippen LogP contribution >= 0.6 is 24.0 Å². The summed E-state index contributed by atoms with van der Waals surface area (Å²) in [4.78, 5) is 9.63. The maximum absolute atomic E-state index is 9.69. The van der Waals surface area contributed by atoms with Crippen molar-refractivity contribution in [3.63, 3.8) is 0 Å². The van der Waals surface area contributed by atoms with Crippen LogP contribution in [-0.2, 0) is 0 Å². The number of likely N-dealkylation sites (N-methyl/N-ethyl adjacent to an activating group) is 1. The second kappa shape index (κ2) is 15.0. The molecule has 0 amide bonds. The third kappa shape index (κ3) is 9.54. The lowest BCUT2D eigenvalue weighted by Crippen LogP contribution is -2.44. The Bertz CT molecular complexity index is 535. The summed E-state index contributed by atoms with van der Waals surface area (Å²) in [5, 5.41) is 16.4. The van der Waals surface area contributed by atoms with Crippen LogP contribution in [0.1, 0.15) is 31.2 Å². The first-order valence-electron chi connectivity index (χ1n) is 10.3. The lowest BCUT2D eigenvalue weighted by molar-refractivity contribution is 0.152. The molecular weight excluding hydrogens is 465 g/mol. The highest BCUT2D eigenvalue weighted by molar-refractivity contribution is 14.0. The molecule has 0 saturated carbocycles. The molecule has 1 aliphatic heterocycles. The highest BCUT2D eigenvalue weighted by Gasteiger charge is 2.13. The van der Waals surface area contributed by atoms with Gasteiger partial charge in [-0.25, -0.2) is 0 Å². The van der Waals surface area contributed by atoms with E-state index in [-0.39, 0.29) is 36.5 Å². The summed E-state index contributed by atoms with van der Waals surface area (Å²) in [6.07, 6.45) is 2.35. The standard InChI is InChI=1S/C21H37N5O.HI/c1-3-22-21(24-17-20(18-27)19-9-5-4-6-10-19)23-11-7-8-12-26-15-13-25(2)14-16-26;/h4-6,9-10,20,27H,3,7-8,11-18H2,1-2H3,(H2,22,23,24);1H. The maximum atomic E-state index is 9.69. The summed E-state index contributed by atoms with van der Waals surface area (Å²) in [5.41, 5.74) is 1.13. The lowest BCUT2D eigenvalue weighted by Gasteiger charge is -2.32. The second-order valence-electron chi connectivity index (χ2n) is 7.29. The number of nitrogens with zero attached hydrogens (tertiary/aromatic N) is 3.